The number of carbonyl (C=O) groups is 3. The van der Waals surface area contributed by atoms with Crippen LogP contribution in [-0.4, -0.2) is 66.1 Å². The Kier molecular flexibility index (Phi) is 7.15. The van der Waals surface area contributed by atoms with E-state index >= 15 is 0 Å². The summed E-state index contributed by atoms with van der Waals surface area (Å²) in [6, 6.07) is 14.9. The molecule has 1 N–H and O–H groups in total. The summed E-state index contributed by atoms with van der Waals surface area (Å²) >= 11 is 0. The molecule has 1 atom stereocenters. The summed E-state index contributed by atoms with van der Waals surface area (Å²) < 4.78 is 30.5. The number of halogens is 1. The molecule has 198 valence electrons. The molecule has 1 aromatic heterocycles. The van der Waals surface area contributed by atoms with Crippen molar-refractivity contribution in [2.75, 3.05) is 26.8 Å². The highest BCUT2D eigenvalue weighted by Crippen LogP contribution is 2.39. The van der Waals surface area contributed by atoms with Crippen LogP contribution in [0.5, 0.6) is 5.75 Å². The number of hydrogen-bond donors (Lipinski definition) is 1. The highest BCUT2D eigenvalue weighted by Gasteiger charge is 2.54. The second-order valence-corrected chi connectivity index (χ2v) is 9.28. The molecule has 9 nitrogen and oxygen atoms in total. The van der Waals surface area contributed by atoms with E-state index in [9.17, 15) is 18.8 Å². The van der Waals surface area contributed by atoms with Crippen molar-refractivity contribution in [2.45, 2.75) is 31.2 Å². The van der Waals surface area contributed by atoms with E-state index in [2.05, 4.69) is 5.32 Å². The Bertz CT molecular complexity index is 1320. The maximum atomic E-state index is 13.9. The van der Waals surface area contributed by atoms with Crippen LogP contribution in [0, 0.1) is 5.82 Å². The Morgan fingerprint density at radius 1 is 1.03 bits per heavy atom. The fourth-order valence-corrected chi connectivity index (χ4v) is 5.03. The van der Waals surface area contributed by atoms with Crippen molar-refractivity contribution in [3.63, 3.8) is 0 Å². The molecule has 38 heavy (non-hydrogen) atoms. The smallest absolute Gasteiger partial charge is 0.257 e. The lowest BCUT2D eigenvalue weighted by atomic mass is 9.96. The number of nitrogens with one attached hydrogen (secondary N) is 1. The van der Waals surface area contributed by atoms with Crippen molar-refractivity contribution in [3.05, 3.63) is 89.6 Å². The molecule has 3 amide bonds. The Morgan fingerprint density at radius 3 is 2.45 bits per heavy atom. The molecule has 3 heterocycles. The second kappa shape index (κ2) is 10.7. The molecule has 2 saturated heterocycles. The maximum absolute atomic E-state index is 13.9. The first kappa shape index (κ1) is 25.5. The zero-order chi connectivity index (χ0) is 26.7. The Hall–Kier alpha value is -4.18. The normalized spacial score (nSPS) is 18.4. The van der Waals surface area contributed by atoms with Gasteiger partial charge in [-0.25, -0.2) is 4.39 Å². The predicted molar refractivity (Wildman–Crippen MR) is 134 cm³/mol. The highest BCUT2D eigenvalue weighted by atomic mass is 19.1. The molecular formula is C28H28FN3O6. The number of rotatable bonds is 6. The minimum atomic E-state index is -1.08. The van der Waals surface area contributed by atoms with E-state index < -0.39 is 17.6 Å². The van der Waals surface area contributed by atoms with Gasteiger partial charge in [-0.05, 0) is 48.5 Å². The number of furan rings is 1. The van der Waals surface area contributed by atoms with Crippen LogP contribution in [0.4, 0.5) is 4.39 Å². The van der Waals surface area contributed by atoms with E-state index in [4.69, 9.17) is 13.9 Å². The molecule has 0 bridgehead atoms. The molecule has 5 rings (SSSR count). The molecule has 0 saturated carbocycles. The van der Waals surface area contributed by atoms with Crippen LogP contribution in [0.25, 0.3) is 0 Å². The zero-order valence-corrected chi connectivity index (χ0v) is 20.9. The molecule has 0 aliphatic carbocycles. The number of nitrogens with zero attached hydrogens (tertiary/aromatic N) is 2. The lowest BCUT2D eigenvalue weighted by Gasteiger charge is -2.44. The molecule has 2 aliphatic heterocycles. The summed E-state index contributed by atoms with van der Waals surface area (Å²) in [5, 5.41) is 2.83. The second-order valence-electron chi connectivity index (χ2n) is 9.28. The number of piperidine rings is 1. The van der Waals surface area contributed by atoms with Gasteiger partial charge in [0, 0.05) is 37.1 Å². The first-order valence-electron chi connectivity index (χ1n) is 12.4. The van der Waals surface area contributed by atoms with E-state index in [1.54, 1.807) is 47.4 Å². The van der Waals surface area contributed by atoms with Crippen LogP contribution in [-0.2, 0) is 16.1 Å². The largest absolute Gasteiger partial charge is 0.497 e. The Balaban J connectivity index is 1.38. The van der Waals surface area contributed by atoms with E-state index in [0.717, 1.165) is 0 Å². The van der Waals surface area contributed by atoms with Gasteiger partial charge in [0.1, 0.15) is 29.1 Å². The lowest BCUT2D eigenvalue weighted by Crippen LogP contribution is -2.59. The number of carbonyl (C=O) groups excluding carboxylic acids is 3. The topological polar surface area (TPSA) is 101 Å². The number of amides is 3. The van der Waals surface area contributed by atoms with Gasteiger partial charge in [-0.1, -0.05) is 12.1 Å². The third kappa shape index (κ3) is 4.99. The zero-order valence-electron chi connectivity index (χ0n) is 20.9. The quantitative estimate of drug-likeness (QED) is 0.535. The molecule has 0 radical (unpaired) electrons. The standard InChI is InChI=1S/C28H28FN3O6/c1-36-22-8-3-6-20(16-22)27(35)32-24(25(33)30-17-23-9-4-14-37-23)18-38-28(32)10-12-31(13-11-28)26(34)19-5-2-7-21(29)15-19/h2-9,14-16,24H,10-13,17-18H2,1H3,(H,30,33)/t24-/m0/s1. The highest BCUT2D eigenvalue weighted by molar-refractivity contribution is 5.99. The van der Waals surface area contributed by atoms with Crippen molar-refractivity contribution >= 4 is 17.7 Å². The van der Waals surface area contributed by atoms with E-state index in [0.29, 0.717) is 29.9 Å². The van der Waals surface area contributed by atoms with E-state index in [1.165, 1.54) is 36.5 Å². The van der Waals surface area contributed by atoms with Crippen molar-refractivity contribution in [1.82, 2.24) is 15.1 Å². The minimum Gasteiger partial charge on any atom is -0.497 e. The van der Waals surface area contributed by atoms with Gasteiger partial charge in [0.05, 0.1) is 26.5 Å². The van der Waals surface area contributed by atoms with Gasteiger partial charge in [0.25, 0.3) is 11.8 Å². The third-order valence-electron chi connectivity index (χ3n) is 7.02. The van der Waals surface area contributed by atoms with Crippen LogP contribution >= 0.6 is 0 Å². The number of benzene rings is 2. The molecule has 2 fully saturated rings. The van der Waals surface area contributed by atoms with Crippen molar-refractivity contribution in [2.24, 2.45) is 0 Å². The average Bonchev–Trinajstić information content (AvgIpc) is 3.60. The molecule has 2 aromatic carbocycles. The first-order valence-corrected chi connectivity index (χ1v) is 12.4. The maximum Gasteiger partial charge on any atom is 0.257 e. The lowest BCUT2D eigenvalue weighted by molar-refractivity contribution is -0.128. The number of likely N-dealkylation sites (tertiary alicyclic amines) is 1. The number of ether oxygens (including phenoxy) is 2. The number of hydrogen-bond acceptors (Lipinski definition) is 6. The fraction of sp³-hybridized carbons (Fsp3) is 0.321. The SMILES string of the molecule is COc1cccc(C(=O)N2[C@H](C(=O)NCc3ccco3)COC23CCN(C(=O)c2cccc(F)c2)CC3)c1. The molecule has 1 spiro atoms. The molecule has 10 heteroatoms. The predicted octanol–water partition coefficient (Wildman–Crippen LogP) is 3.22. The number of methoxy groups -OCH3 is 1. The van der Waals surface area contributed by atoms with Gasteiger partial charge in [-0.3, -0.25) is 19.3 Å². The summed E-state index contributed by atoms with van der Waals surface area (Å²) in [6.07, 6.45) is 2.12. The van der Waals surface area contributed by atoms with E-state index in [-0.39, 0.29) is 49.5 Å². The molecular weight excluding hydrogens is 493 g/mol. The molecule has 3 aromatic rings. The summed E-state index contributed by atoms with van der Waals surface area (Å²) in [4.78, 5) is 43.3. The van der Waals surface area contributed by atoms with Crippen LogP contribution < -0.4 is 10.1 Å². The van der Waals surface area contributed by atoms with Gasteiger partial charge in [-0.15, -0.1) is 0 Å². The Labute approximate surface area is 219 Å². The van der Waals surface area contributed by atoms with Crippen LogP contribution in [0.2, 0.25) is 0 Å². The van der Waals surface area contributed by atoms with Crippen molar-refractivity contribution < 1.29 is 32.7 Å². The van der Waals surface area contributed by atoms with Crippen molar-refractivity contribution in [3.8, 4) is 5.75 Å². The summed E-state index contributed by atoms with van der Waals surface area (Å²) in [5.74, 6) is -0.420. The average molecular weight is 522 g/mol. The fourth-order valence-electron chi connectivity index (χ4n) is 5.03. The van der Waals surface area contributed by atoms with Gasteiger partial charge < -0.3 is 24.1 Å². The minimum absolute atomic E-state index is 0.0114. The van der Waals surface area contributed by atoms with Crippen LogP contribution in [0.1, 0.15) is 39.3 Å². The van der Waals surface area contributed by atoms with Crippen molar-refractivity contribution in [1.29, 1.82) is 0 Å². The Morgan fingerprint density at radius 2 is 1.76 bits per heavy atom. The molecule has 2 aliphatic rings. The van der Waals surface area contributed by atoms with Gasteiger partial charge in [0.15, 0.2) is 0 Å². The van der Waals surface area contributed by atoms with Gasteiger partial charge in [0.2, 0.25) is 5.91 Å². The summed E-state index contributed by atoms with van der Waals surface area (Å²) in [5.41, 5.74) is -0.463. The third-order valence-corrected chi connectivity index (χ3v) is 7.02. The van der Waals surface area contributed by atoms with Crippen LogP contribution in [0.3, 0.4) is 0 Å². The first-order chi connectivity index (χ1) is 18.4. The monoisotopic (exact) mass is 521 g/mol. The molecule has 0 unspecified atom stereocenters. The summed E-state index contributed by atoms with van der Waals surface area (Å²) in [7, 11) is 1.51. The summed E-state index contributed by atoms with van der Waals surface area (Å²) in [6.45, 7) is 0.736. The van der Waals surface area contributed by atoms with E-state index in [1.807, 2.05) is 0 Å². The van der Waals surface area contributed by atoms with Gasteiger partial charge >= 0.3 is 0 Å². The van der Waals surface area contributed by atoms with Crippen LogP contribution in [0.15, 0.2) is 71.3 Å². The van der Waals surface area contributed by atoms with Gasteiger partial charge in [-0.2, -0.15) is 0 Å².